The zero-order valence-electron chi connectivity index (χ0n) is 10.2. The van der Waals surface area contributed by atoms with Crippen LogP contribution in [0.5, 0.6) is 0 Å². The summed E-state index contributed by atoms with van der Waals surface area (Å²) in [5, 5.41) is 0. The van der Waals surface area contributed by atoms with Crippen LogP contribution in [0.1, 0.15) is 17.2 Å². The van der Waals surface area contributed by atoms with Crippen LogP contribution in [0, 0.1) is 0 Å². The van der Waals surface area contributed by atoms with Crippen molar-refractivity contribution in [3.05, 3.63) is 59.8 Å². The van der Waals surface area contributed by atoms with Crippen LogP contribution < -0.4 is 10.6 Å². The predicted molar refractivity (Wildman–Crippen MR) is 71.0 cm³/mol. The maximum absolute atomic E-state index is 6.29. The molecule has 1 aromatic carbocycles. The van der Waals surface area contributed by atoms with Gasteiger partial charge in [0.15, 0.2) is 0 Å². The summed E-state index contributed by atoms with van der Waals surface area (Å²) >= 11 is 0. The van der Waals surface area contributed by atoms with Gasteiger partial charge in [-0.05, 0) is 11.6 Å². The Hall–Kier alpha value is -1.87. The predicted octanol–water partition coefficient (Wildman–Crippen LogP) is 2.20. The summed E-state index contributed by atoms with van der Waals surface area (Å²) in [7, 11) is 3.95. The van der Waals surface area contributed by atoms with Crippen molar-refractivity contribution in [1.82, 2.24) is 4.98 Å². The van der Waals surface area contributed by atoms with Crippen LogP contribution in [-0.2, 0) is 0 Å². The Bertz CT molecular complexity index is 480. The summed E-state index contributed by atoms with van der Waals surface area (Å²) in [5.41, 5.74) is 8.43. The lowest BCUT2D eigenvalue weighted by molar-refractivity contribution is 0.852. The number of rotatable bonds is 3. The molecule has 0 spiro atoms. The second-order valence-electron chi connectivity index (χ2n) is 4.20. The fourth-order valence-corrected chi connectivity index (χ4v) is 1.87. The third kappa shape index (κ3) is 2.45. The fraction of sp³-hybridized carbons (Fsp3) is 0.214. The summed E-state index contributed by atoms with van der Waals surface area (Å²) in [4.78, 5) is 6.35. The first-order chi connectivity index (χ1) is 8.20. The summed E-state index contributed by atoms with van der Waals surface area (Å²) in [6, 6.07) is 13.9. The van der Waals surface area contributed by atoms with Crippen molar-refractivity contribution < 1.29 is 0 Å². The lowest BCUT2D eigenvalue weighted by atomic mass is 10.00. The van der Waals surface area contributed by atoms with Crippen LogP contribution in [0.2, 0.25) is 0 Å². The molecule has 17 heavy (non-hydrogen) atoms. The molecular formula is C14H17N3. The molecule has 2 rings (SSSR count). The number of aromatic nitrogens is 1. The van der Waals surface area contributed by atoms with Crippen molar-refractivity contribution in [2.24, 2.45) is 5.73 Å². The topological polar surface area (TPSA) is 42.2 Å². The van der Waals surface area contributed by atoms with Crippen molar-refractivity contribution in [3.63, 3.8) is 0 Å². The van der Waals surface area contributed by atoms with Gasteiger partial charge in [-0.25, -0.2) is 4.98 Å². The highest BCUT2D eigenvalue weighted by atomic mass is 15.1. The average molecular weight is 227 g/mol. The maximum atomic E-state index is 6.29. The highest BCUT2D eigenvalue weighted by Crippen LogP contribution is 2.25. The smallest absolute Gasteiger partial charge is 0.133 e. The molecule has 0 bridgehead atoms. The minimum atomic E-state index is -0.137. The first kappa shape index (κ1) is 11.6. The minimum absolute atomic E-state index is 0.137. The molecule has 3 heteroatoms. The van der Waals surface area contributed by atoms with Gasteiger partial charge in [0.25, 0.3) is 0 Å². The quantitative estimate of drug-likeness (QED) is 0.874. The lowest BCUT2D eigenvalue weighted by Gasteiger charge is -2.20. The second kappa shape index (κ2) is 4.97. The Labute approximate surface area is 102 Å². The molecule has 0 saturated heterocycles. The van der Waals surface area contributed by atoms with E-state index in [9.17, 15) is 0 Å². The van der Waals surface area contributed by atoms with Crippen LogP contribution in [0.3, 0.4) is 0 Å². The molecule has 0 radical (unpaired) electrons. The van der Waals surface area contributed by atoms with E-state index >= 15 is 0 Å². The van der Waals surface area contributed by atoms with Crippen LogP contribution >= 0.6 is 0 Å². The molecular weight excluding hydrogens is 210 g/mol. The largest absolute Gasteiger partial charge is 0.362 e. The van der Waals surface area contributed by atoms with E-state index < -0.39 is 0 Å². The minimum Gasteiger partial charge on any atom is -0.362 e. The van der Waals surface area contributed by atoms with Crippen molar-refractivity contribution >= 4 is 5.82 Å². The molecule has 1 atom stereocenters. The number of anilines is 1. The van der Waals surface area contributed by atoms with Gasteiger partial charge in [-0.3, -0.25) is 0 Å². The number of hydrogen-bond acceptors (Lipinski definition) is 3. The third-order valence-electron chi connectivity index (χ3n) is 2.73. The third-order valence-corrected chi connectivity index (χ3v) is 2.73. The molecule has 88 valence electrons. The molecule has 0 fully saturated rings. The van der Waals surface area contributed by atoms with E-state index in [0.29, 0.717) is 0 Å². The number of nitrogens with two attached hydrogens (primary N) is 1. The van der Waals surface area contributed by atoms with Crippen molar-refractivity contribution in [2.75, 3.05) is 19.0 Å². The highest BCUT2D eigenvalue weighted by Gasteiger charge is 2.14. The summed E-state index contributed by atoms with van der Waals surface area (Å²) in [6.45, 7) is 0. The monoisotopic (exact) mass is 227 g/mol. The molecule has 1 heterocycles. The number of hydrogen-bond donors (Lipinski definition) is 1. The molecule has 2 N–H and O–H groups in total. The highest BCUT2D eigenvalue weighted by molar-refractivity contribution is 5.49. The van der Waals surface area contributed by atoms with Gasteiger partial charge < -0.3 is 10.6 Å². The van der Waals surface area contributed by atoms with E-state index in [-0.39, 0.29) is 6.04 Å². The molecule has 0 amide bonds. The van der Waals surface area contributed by atoms with Gasteiger partial charge in [-0.2, -0.15) is 0 Å². The van der Waals surface area contributed by atoms with Gasteiger partial charge in [0, 0.05) is 25.9 Å². The molecule has 1 unspecified atom stereocenters. The molecule has 0 aliphatic rings. The number of benzene rings is 1. The average Bonchev–Trinajstić information content (AvgIpc) is 2.39. The summed E-state index contributed by atoms with van der Waals surface area (Å²) in [6.07, 6.45) is 1.79. The first-order valence-corrected chi connectivity index (χ1v) is 5.63. The second-order valence-corrected chi connectivity index (χ2v) is 4.20. The van der Waals surface area contributed by atoms with E-state index in [1.165, 1.54) is 0 Å². The van der Waals surface area contributed by atoms with Gasteiger partial charge in [-0.1, -0.05) is 36.4 Å². The first-order valence-electron chi connectivity index (χ1n) is 5.63. The molecule has 1 aromatic heterocycles. The Morgan fingerprint density at radius 3 is 2.41 bits per heavy atom. The van der Waals surface area contributed by atoms with Crippen molar-refractivity contribution in [2.45, 2.75) is 6.04 Å². The number of pyridine rings is 1. The summed E-state index contributed by atoms with van der Waals surface area (Å²) in [5.74, 6) is 0.920. The Balaban J connectivity index is 2.41. The lowest BCUT2D eigenvalue weighted by Crippen LogP contribution is -2.19. The Morgan fingerprint density at radius 1 is 1.06 bits per heavy atom. The van der Waals surface area contributed by atoms with Gasteiger partial charge in [-0.15, -0.1) is 0 Å². The van der Waals surface area contributed by atoms with Crippen LogP contribution in [0.15, 0.2) is 48.7 Å². The van der Waals surface area contributed by atoms with E-state index in [2.05, 4.69) is 4.98 Å². The van der Waals surface area contributed by atoms with E-state index in [0.717, 1.165) is 16.9 Å². The zero-order valence-corrected chi connectivity index (χ0v) is 10.2. The fourth-order valence-electron chi connectivity index (χ4n) is 1.87. The SMILES string of the molecule is CN(C)c1ncccc1C(N)c1ccccc1. The molecule has 2 aromatic rings. The maximum Gasteiger partial charge on any atom is 0.133 e. The normalized spacial score (nSPS) is 12.2. The molecule has 0 aliphatic heterocycles. The Kier molecular flexibility index (Phi) is 3.40. The number of nitrogens with zero attached hydrogens (tertiary/aromatic N) is 2. The van der Waals surface area contributed by atoms with Crippen molar-refractivity contribution in [3.8, 4) is 0 Å². The van der Waals surface area contributed by atoms with Crippen molar-refractivity contribution in [1.29, 1.82) is 0 Å². The Morgan fingerprint density at radius 2 is 1.76 bits per heavy atom. The van der Waals surface area contributed by atoms with Gasteiger partial charge in [0.05, 0.1) is 6.04 Å². The van der Waals surface area contributed by atoms with Crippen LogP contribution in [-0.4, -0.2) is 19.1 Å². The molecule has 0 saturated carbocycles. The van der Waals surface area contributed by atoms with Gasteiger partial charge >= 0.3 is 0 Å². The van der Waals surface area contributed by atoms with Crippen LogP contribution in [0.4, 0.5) is 5.82 Å². The van der Waals surface area contributed by atoms with Gasteiger partial charge in [0.2, 0.25) is 0 Å². The van der Waals surface area contributed by atoms with E-state index in [4.69, 9.17) is 5.73 Å². The van der Waals surface area contributed by atoms with E-state index in [1.807, 2.05) is 61.5 Å². The molecule has 0 aliphatic carbocycles. The molecule has 3 nitrogen and oxygen atoms in total. The van der Waals surface area contributed by atoms with Crippen LogP contribution in [0.25, 0.3) is 0 Å². The van der Waals surface area contributed by atoms with E-state index in [1.54, 1.807) is 6.20 Å². The van der Waals surface area contributed by atoms with Gasteiger partial charge in [0.1, 0.15) is 5.82 Å². The summed E-state index contributed by atoms with van der Waals surface area (Å²) < 4.78 is 0. The zero-order chi connectivity index (χ0) is 12.3. The standard InChI is InChI=1S/C14H17N3/c1-17(2)14-12(9-6-10-16-14)13(15)11-7-4-3-5-8-11/h3-10,13H,15H2,1-2H3.